The summed E-state index contributed by atoms with van der Waals surface area (Å²) in [6.45, 7) is 3.61. The molecule has 0 atom stereocenters. The van der Waals surface area contributed by atoms with Crippen LogP contribution in [0.4, 0.5) is 4.39 Å². The summed E-state index contributed by atoms with van der Waals surface area (Å²) in [7, 11) is 0. The zero-order valence-corrected chi connectivity index (χ0v) is 12.9. The van der Waals surface area contributed by atoms with Gasteiger partial charge in [0.25, 0.3) is 0 Å². The second-order valence-electron chi connectivity index (χ2n) is 6.49. The molecule has 22 heavy (non-hydrogen) atoms. The van der Waals surface area contributed by atoms with Crippen molar-refractivity contribution in [1.82, 2.24) is 5.32 Å². The van der Waals surface area contributed by atoms with Gasteiger partial charge in [-0.25, -0.2) is 4.39 Å². The molecule has 1 aromatic carbocycles. The molecular formula is C17H22FNO3. The van der Waals surface area contributed by atoms with Gasteiger partial charge >= 0.3 is 5.97 Å². The van der Waals surface area contributed by atoms with Crippen LogP contribution in [0.3, 0.4) is 0 Å². The lowest BCUT2D eigenvalue weighted by Crippen LogP contribution is -2.46. The second-order valence-corrected chi connectivity index (χ2v) is 6.49. The Kier molecular flexibility index (Phi) is 4.84. The zero-order chi connectivity index (χ0) is 16.3. The summed E-state index contributed by atoms with van der Waals surface area (Å²) in [4.78, 5) is 23.4. The molecule has 2 N–H and O–H groups in total. The van der Waals surface area contributed by atoms with Crippen LogP contribution >= 0.6 is 0 Å². The van der Waals surface area contributed by atoms with Gasteiger partial charge in [-0.15, -0.1) is 0 Å². The Morgan fingerprint density at radius 2 is 1.68 bits per heavy atom. The minimum Gasteiger partial charge on any atom is -0.481 e. The fourth-order valence-corrected chi connectivity index (χ4v) is 2.85. The number of rotatable bonds is 4. The summed E-state index contributed by atoms with van der Waals surface area (Å²) in [6, 6.07) is 5.96. The minimum atomic E-state index is -0.753. The van der Waals surface area contributed by atoms with Crippen molar-refractivity contribution < 1.29 is 19.1 Å². The Morgan fingerprint density at radius 3 is 2.18 bits per heavy atom. The van der Waals surface area contributed by atoms with Gasteiger partial charge in [0, 0.05) is 6.04 Å². The van der Waals surface area contributed by atoms with E-state index in [-0.39, 0.29) is 23.7 Å². The predicted molar refractivity (Wildman–Crippen MR) is 81.0 cm³/mol. The van der Waals surface area contributed by atoms with Gasteiger partial charge in [0.05, 0.1) is 11.3 Å². The van der Waals surface area contributed by atoms with E-state index < -0.39 is 11.4 Å². The summed E-state index contributed by atoms with van der Waals surface area (Å²) < 4.78 is 13.0. The molecule has 1 fully saturated rings. The highest BCUT2D eigenvalue weighted by molar-refractivity contribution is 5.87. The first kappa shape index (κ1) is 16.5. The number of nitrogens with one attached hydrogen (secondary N) is 1. The monoisotopic (exact) mass is 307 g/mol. The Labute approximate surface area is 129 Å². The number of aliphatic carboxylic acids is 1. The standard InChI is InChI=1S/C17H22FNO3/c1-17(2,12-5-7-13(18)8-6-12)16(22)19-14-9-3-11(4-10-14)15(20)21/h5-8,11,14H,3-4,9-10H2,1-2H3,(H,19,22)(H,20,21). The summed E-state index contributed by atoms with van der Waals surface area (Å²) in [6.07, 6.45) is 2.55. The van der Waals surface area contributed by atoms with E-state index in [2.05, 4.69) is 5.32 Å². The molecule has 1 aliphatic carbocycles. The highest BCUT2D eigenvalue weighted by Gasteiger charge is 2.33. The van der Waals surface area contributed by atoms with E-state index in [1.807, 2.05) is 0 Å². The van der Waals surface area contributed by atoms with Crippen LogP contribution in [0.25, 0.3) is 0 Å². The van der Waals surface area contributed by atoms with Crippen molar-refractivity contribution in [1.29, 1.82) is 0 Å². The number of carboxylic acids is 1. The minimum absolute atomic E-state index is 0.0165. The molecule has 0 spiro atoms. The van der Waals surface area contributed by atoms with Crippen LogP contribution in [-0.2, 0) is 15.0 Å². The van der Waals surface area contributed by atoms with Gasteiger partial charge in [-0.1, -0.05) is 12.1 Å². The number of carbonyl (C=O) groups is 2. The third-order valence-corrected chi connectivity index (χ3v) is 4.55. The summed E-state index contributed by atoms with van der Waals surface area (Å²) >= 11 is 0. The van der Waals surface area contributed by atoms with Crippen molar-refractivity contribution >= 4 is 11.9 Å². The summed E-state index contributed by atoms with van der Waals surface area (Å²) in [5.41, 5.74) is 0.00257. The van der Waals surface area contributed by atoms with Crippen molar-refractivity contribution in [3.63, 3.8) is 0 Å². The first-order valence-corrected chi connectivity index (χ1v) is 7.60. The summed E-state index contributed by atoms with van der Waals surface area (Å²) in [5, 5.41) is 12.0. The van der Waals surface area contributed by atoms with E-state index in [1.54, 1.807) is 26.0 Å². The highest BCUT2D eigenvalue weighted by atomic mass is 19.1. The molecule has 1 aromatic rings. The van der Waals surface area contributed by atoms with Crippen molar-refractivity contribution in [2.75, 3.05) is 0 Å². The SMILES string of the molecule is CC(C)(C(=O)NC1CCC(C(=O)O)CC1)c1ccc(F)cc1. The number of carbonyl (C=O) groups excluding carboxylic acids is 1. The second kappa shape index (κ2) is 6.46. The molecule has 1 saturated carbocycles. The molecule has 0 heterocycles. The van der Waals surface area contributed by atoms with E-state index >= 15 is 0 Å². The van der Waals surface area contributed by atoms with Gasteiger partial charge in [0.1, 0.15) is 5.82 Å². The first-order valence-electron chi connectivity index (χ1n) is 7.60. The summed E-state index contributed by atoms with van der Waals surface area (Å²) in [5.74, 6) is -1.49. The predicted octanol–water partition coefficient (Wildman–Crippen LogP) is 2.86. The van der Waals surface area contributed by atoms with Crippen LogP contribution in [0, 0.1) is 11.7 Å². The average molecular weight is 307 g/mol. The molecule has 0 unspecified atom stereocenters. The maximum Gasteiger partial charge on any atom is 0.306 e. The molecular weight excluding hydrogens is 285 g/mol. The van der Waals surface area contributed by atoms with Gasteiger partial charge < -0.3 is 10.4 Å². The third-order valence-electron chi connectivity index (χ3n) is 4.55. The Morgan fingerprint density at radius 1 is 1.14 bits per heavy atom. The Hall–Kier alpha value is -1.91. The zero-order valence-electron chi connectivity index (χ0n) is 12.9. The fourth-order valence-electron chi connectivity index (χ4n) is 2.85. The van der Waals surface area contributed by atoms with Crippen molar-refractivity contribution in [2.45, 2.75) is 51.0 Å². The largest absolute Gasteiger partial charge is 0.481 e. The number of benzene rings is 1. The molecule has 0 saturated heterocycles. The fraction of sp³-hybridized carbons (Fsp3) is 0.529. The number of carboxylic acid groups (broad SMARTS) is 1. The topological polar surface area (TPSA) is 66.4 Å². The van der Waals surface area contributed by atoms with Crippen LogP contribution in [-0.4, -0.2) is 23.0 Å². The molecule has 0 aliphatic heterocycles. The van der Waals surface area contributed by atoms with Crippen LogP contribution in [0.2, 0.25) is 0 Å². The van der Waals surface area contributed by atoms with Crippen LogP contribution in [0.5, 0.6) is 0 Å². The van der Waals surface area contributed by atoms with Gasteiger partial charge in [0.2, 0.25) is 5.91 Å². The van der Waals surface area contributed by atoms with Crippen LogP contribution in [0.1, 0.15) is 45.1 Å². The maximum absolute atomic E-state index is 13.0. The van der Waals surface area contributed by atoms with Gasteiger partial charge in [-0.05, 0) is 57.2 Å². The maximum atomic E-state index is 13.0. The Bertz CT molecular complexity index is 546. The molecule has 4 nitrogen and oxygen atoms in total. The van der Waals surface area contributed by atoms with E-state index in [0.717, 1.165) is 5.56 Å². The van der Waals surface area contributed by atoms with E-state index in [9.17, 15) is 14.0 Å². The lowest BCUT2D eigenvalue weighted by atomic mass is 9.82. The molecule has 0 bridgehead atoms. The normalized spacial score (nSPS) is 22.1. The van der Waals surface area contributed by atoms with E-state index in [1.165, 1.54) is 12.1 Å². The van der Waals surface area contributed by atoms with Crippen LogP contribution < -0.4 is 5.32 Å². The number of hydrogen-bond acceptors (Lipinski definition) is 2. The molecule has 1 amide bonds. The van der Waals surface area contributed by atoms with Gasteiger partial charge in [-0.2, -0.15) is 0 Å². The van der Waals surface area contributed by atoms with Crippen LogP contribution in [0.15, 0.2) is 24.3 Å². The quantitative estimate of drug-likeness (QED) is 0.899. The Balaban J connectivity index is 1.97. The van der Waals surface area contributed by atoms with E-state index in [4.69, 9.17) is 5.11 Å². The van der Waals surface area contributed by atoms with Crippen molar-refractivity contribution in [3.8, 4) is 0 Å². The number of hydrogen-bond donors (Lipinski definition) is 2. The first-order chi connectivity index (χ1) is 10.3. The van der Waals surface area contributed by atoms with Gasteiger partial charge in [0.15, 0.2) is 0 Å². The molecule has 0 aromatic heterocycles. The molecule has 120 valence electrons. The van der Waals surface area contributed by atoms with E-state index in [0.29, 0.717) is 25.7 Å². The lowest BCUT2D eigenvalue weighted by Gasteiger charge is -2.31. The molecule has 1 aliphatic rings. The third kappa shape index (κ3) is 3.64. The lowest BCUT2D eigenvalue weighted by molar-refractivity contribution is -0.142. The molecule has 0 radical (unpaired) electrons. The molecule has 2 rings (SSSR count). The van der Waals surface area contributed by atoms with Crippen molar-refractivity contribution in [2.24, 2.45) is 5.92 Å². The smallest absolute Gasteiger partial charge is 0.306 e. The number of amides is 1. The average Bonchev–Trinajstić information content (AvgIpc) is 2.48. The number of halogens is 1. The molecule has 5 heteroatoms. The van der Waals surface area contributed by atoms with Crippen molar-refractivity contribution in [3.05, 3.63) is 35.6 Å². The van der Waals surface area contributed by atoms with Gasteiger partial charge in [-0.3, -0.25) is 9.59 Å². The highest BCUT2D eigenvalue weighted by Crippen LogP contribution is 2.27.